The Morgan fingerprint density at radius 1 is 0.238 bits per heavy atom. The predicted octanol–water partition coefficient (Wildman–Crippen LogP) is 23.9. The van der Waals surface area contributed by atoms with Crippen LogP contribution in [0.2, 0.25) is 0 Å². The van der Waals surface area contributed by atoms with Crippen molar-refractivity contribution in [3.05, 3.63) is 297 Å². The van der Waals surface area contributed by atoms with E-state index in [-0.39, 0.29) is 180 Å². The molecule has 636 valence electrons. The number of aryl methyl sites for hydroxylation is 4. The number of benzene rings is 15. The van der Waals surface area contributed by atoms with E-state index in [9.17, 15) is 51.9 Å². The molecule has 0 unspecified atom stereocenters. The van der Waals surface area contributed by atoms with E-state index >= 15 is 19.2 Å². The van der Waals surface area contributed by atoms with Crippen LogP contribution in [0, 0.1) is 27.7 Å². The predicted molar refractivity (Wildman–Crippen MR) is 485 cm³/mol. The zero-order valence-electron chi connectivity index (χ0n) is 70.1. The first kappa shape index (κ1) is 84.9. The summed E-state index contributed by atoms with van der Waals surface area (Å²) in [6.45, 7) is 22.2. The monoisotopic (exact) mass is 1760 g/mol. The minimum atomic E-state index is -5.17. The number of para-hydroxylation sites is 4. The fourth-order valence-electron chi connectivity index (χ4n) is 17.5. The van der Waals surface area contributed by atoms with Crippen molar-refractivity contribution in [1.82, 2.24) is 0 Å². The lowest BCUT2D eigenvalue weighted by atomic mass is 9.80. The van der Waals surface area contributed by atoms with Gasteiger partial charge in [-0.05, 0) is 204 Å². The number of rotatable bonds is 22. The Kier molecular flexibility index (Phi) is 21.2. The first-order valence-electron chi connectivity index (χ1n) is 40.5. The molecule has 126 heavy (non-hydrogen) atoms. The maximum atomic E-state index is 17.2. The van der Waals surface area contributed by atoms with Gasteiger partial charge < -0.3 is 18.9 Å². The van der Waals surface area contributed by atoms with E-state index in [4.69, 9.17) is 18.9 Å². The van der Waals surface area contributed by atoms with Crippen molar-refractivity contribution in [2.24, 2.45) is 0 Å². The number of fused-ring (bicyclic) bond motifs is 2. The van der Waals surface area contributed by atoms with Crippen LogP contribution in [-0.2, 0) is 40.5 Å². The van der Waals surface area contributed by atoms with Crippen LogP contribution in [0.4, 0.5) is 11.4 Å². The molecule has 0 saturated carbocycles. The smallest absolute Gasteiger partial charge is 0.294 e. The Labute approximate surface area is 727 Å². The van der Waals surface area contributed by atoms with E-state index in [0.29, 0.717) is 44.5 Å². The molecular weight excluding hydrogens is 1680 g/mol. The highest BCUT2D eigenvalue weighted by atomic mass is 32.2. The van der Waals surface area contributed by atoms with Gasteiger partial charge in [0, 0.05) is 65.3 Å². The number of imide groups is 2. The maximum absolute atomic E-state index is 17.2. The molecule has 0 radical (unpaired) electrons. The van der Waals surface area contributed by atoms with E-state index in [0.717, 1.165) is 81.6 Å². The van der Waals surface area contributed by atoms with E-state index in [1.54, 1.807) is 24.3 Å². The van der Waals surface area contributed by atoms with Gasteiger partial charge in [-0.3, -0.25) is 37.4 Å². The van der Waals surface area contributed by atoms with Crippen molar-refractivity contribution in [2.45, 2.75) is 126 Å². The van der Waals surface area contributed by atoms with Crippen LogP contribution in [0.1, 0.15) is 165 Å². The summed E-state index contributed by atoms with van der Waals surface area (Å²) < 4.78 is 182. The highest BCUT2D eigenvalue weighted by Crippen LogP contribution is 2.61. The second kappa shape index (κ2) is 31.4. The van der Waals surface area contributed by atoms with Gasteiger partial charge in [-0.25, -0.2) is 9.80 Å². The molecule has 4 N–H and O–H groups in total. The molecule has 0 fully saturated rings. The first-order valence-corrected chi connectivity index (χ1v) is 46.2. The molecule has 26 heteroatoms. The second-order valence-electron chi connectivity index (χ2n) is 33.2. The normalized spacial score (nSPS) is 13.3. The van der Waals surface area contributed by atoms with Gasteiger partial charge in [-0.1, -0.05) is 200 Å². The number of hydrogen-bond donors (Lipinski definition) is 4. The largest absolute Gasteiger partial charge is 0.456 e. The lowest BCUT2D eigenvalue weighted by Crippen LogP contribution is -2.42. The van der Waals surface area contributed by atoms with Crippen molar-refractivity contribution < 1.29 is 90.0 Å². The van der Waals surface area contributed by atoms with Crippen molar-refractivity contribution in [2.75, 3.05) is 9.80 Å². The quantitative estimate of drug-likeness (QED) is 0.0212. The van der Waals surface area contributed by atoms with E-state index in [1.165, 1.54) is 50.2 Å². The van der Waals surface area contributed by atoms with E-state index in [2.05, 4.69) is 0 Å². The highest BCUT2D eigenvalue weighted by Gasteiger charge is 2.45. The summed E-state index contributed by atoms with van der Waals surface area (Å²) in [5.41, 5.74) is 6.18. The average molecular weight is 1760 g/mol. The minimum absolute atomic E-state index is 0.0166. The molecule has 15 aromatic carbocycles. The maximum Gasteiger partial charge on any atom is 0.294 e. The van der Waals surface area contributed by atoms with Gasteiger partial charge in [-0.2, -0.15) is 33.7 Å². The third-order valence-corrected chi connectivity index (χ3v) is 26.5. The minimum Gasteiger partial charge on any atom is -0.456 e. The number of carbonyl (C=O) groups excluding carboxylic acids is 4. The second-order valence-corrected chi connectivity index (χ2v) is 38.9. The number of carbonyl (C=O) groups is 4. The molecular formula is C100H82N2O20S4. The van der Waals surface area contributed by atoms with Crippen LogP contribution in [0.5, 0.6) is 46.0 Å². The number of hydrogen-bond acceptors (Lipinski definition) is 16. The van der Waals surface area contributed by atoms with Crippen LogP contribution < -0.4 is 28.7 Å². The molecule has 0 bridgehead atoms. The third kappa shape index (κ3) is 14.9. The van der Waals surface area contributed by atoms with Gasteiger partial charge in [0.15, 0.2) is 0 Å². The summed E-state index contributed by atoms with van der Waals surface area (Å²) in [5.74, 6) is -6.07. The Balaban J connectivity index is 1.14. The molecule has 4 amide bonds. The number of anilines is 2. The molecule has 2 aliphatic rings. The Hall–Kier alpha value is -13.3. The van der Waals surface area contributed by atoms with Gasteiger partial charge in [0.1, 0.15) is 46.0 Å². The van der Waals surface area contributed by atoms with Gasteiger partial charge >= 0.3 is 0 Å². The Morgan fingerprint density at radius 3 is 0.802 bits per heavy atom. The van der Waals surface area contributed by atoms with Crippen LogP contribution in [-0.4, -0.2) is 75.5 Å². The fraction of sp³-hybridized carbons (Fsp3) is 0.160. The Bertz CT molecular complexity index is 7260. The van der Waals surface area contributed by atoms with Gasteiger partial charge in [-0.15, -0.1) is 0 Å². The number of nitrogens with zero attached hydrogens (tertiary/aromatic N) is 2. The van der Waals surface area contributed by atoms with Crippen molar-refractivity contribution >= 4 is 119 Å². The van der Waals surface area contributed by atoms with Crippen LogP contribution in [0.15, 0.2) is 250 Å². The molecule has 2 heterocycles. The van der Waals surface area contributed by atoms with Crippen molar-refractivity contribution in [3.63, 3.8) is 0 Å². The number of amides is 4. The lowest BCUT2D eigenvalue weighted by molar-refractivity contribution is 0.0877. The third-order valence-electron chi connectivity index (χ3n) is 23.2. The average Bonchev–Trinajstić information content (AvgIpc) is 0.667. The molecule has 22 nitrogen and oxygen atoms in total. The summed E-state index contributed by atoms with van der Waals surface area (Å²) in [7, 11) is -20.5. The topological polar surface area (TPSA) is 329 Å². The fourth-order valence-corrected chi connectivity index (χ4v) is 19.8. The molecule has 0 saturated heterocycles. The van der Waals surface area contributed by atoms with Gasteiger partial charge in [0.2, 0.25) is 0 Å². The van der Waals surface area contributed by atoms with E-state index in [1.807, 2.05) is 178 Å². The highest BCUT2D eigenvalue weighted by molar-refractivity contribution is 7.86. The number of ether oxygens (including phenoxy) is 4. The van der Waals surface area contributed by atoms with Crippen molar-refractivity contribution in [1.29, 1.82) is 0 Å². The zero-order chi connectivity index (χ0) is 89.7. The van der Waals surface area contributed by atoms with Crippen LogP contribution >= 0.6 is 0 Å². The van der Waals surface area contributed by atoms with Crippen LogP contribution in [0.25, 0.3) is 87.6 Å². The summed E-state index contributed by atoms with van der Waals surface area (Å²) in [6.07, 6.45) is 0. The summed E-state index contributed by atoms with van der Waals surface area (Å²) >= 11 is 0. The van der Waals surface area contributed by atoms with Crippen LogP contribution in [0.3, 0.4) is 0 Å². The van der Waals surface area contributed by atoms with E-state index < -0.39 is 83.7 Å². The van der Waals surface area contributed by atoms with Crippen molar-refractivity contribution in [3.8, 4) is 90.5 Å². The molecule has 0 spiro atoms. The summed E-state index contributed by atoms with van der Waals surface area (Å²) in [4.78, 5) is 68.4. The van der Waals surface area contributed by atoms with Gasteiger partial charge in [0.25, 0.3) is 64.1 Å². The Morgan fingerprint density at radius 2 is 0.516 bits per heavy atom. The van der Waals surface area contributed by atoms with Gasteiger partial charge in [0.05, 0.1) is 53.2 Å². The first-order chi connectivity index (χ1) is 59.6. The molecule has 17 rings (SSSR count). The molecule has 0 aromatic heterocycles. The molecule has 0 aliphatic carbocycles. The summed E-state index contributed by atoms with van der Waals surface area (Å²) in [5, 5.41) is -0.482. The summed E-state index contributed by atoms with van der Waals surface area (Å²) in [6, 6.07) is 60.1. The standard InChI is InChI=1S/C100H82N2O20S4/c1-51(2)67-27-19-28-68(52(3)4)95(67)101-97(103)75-47-83(119-79-31-15-13-25-71(79)59-23-17-21-55(9)37-59)89-90-84(120-80-32-16-14-26-72(80)60-24-18-22-56(10)38-60)48-76-88-78(100(106)102(98(76)104)96-69(53(5)6)29-20-30-70(96)54(7)8)50-86(122-82-36-34-64(124(110,111)112)46-74(82)62-40-58(12)42-66(44-62)126(116,117)118)92(94(88)90)91-85(49-77(99(101)105)87(75)93(89)91)121-81-35-33-63(123(107,108)109)45-73(81)61-39-57(11)41-65(43-61)125(113,114)115/h13-54H,1-12H3,(H,107,108,109)(H,110,111,112)(H,113,114,115)(H,116,117,118). The molecule has 0 atom stereocenters. The SMILES string of the molecule is Cc1cccc(-c2ccccc2Oc2cc3c4c(cc(Oc5ccc(S(=O)(=O)O)cc5-c5cc(C)cc(S(=O)(=O)O)c5)c5c6c(Oc7ccc(S(=O)(=O)O)cc7-c7cc(C)cc(S(=O)(=O)O)c7)cc7c8c(cc(Oc9ccccc9-c9cccc(C)c9)c(c2c45)c86)C(=O)N(c2c(C(C)C)cccc2C(C)C)C7=O)C(=O)N(c2c(C(C)C)cccc2C(C)C)C3=O)c1. The lowest BCUT2D eigenvalue weighted by Gasteiger charge is -2.35. The molecule has 15 aromatic rings. The molecule has 2 aliphatic heterocycles. The zero-order valence-corrected chi connectivity index (χ0v) is 73.4.